The van der Waals surface area contributed by atoms with Gasteiger partial charge in [-0.15, -0.1) is 0 Å². The van der Waals surface area contributed by atoms with Crippen molar-refractivity contribution in [3.63, 3.8) is 0 Å². The van der Waals surface area contributed by atoms with Crippen molar-refractivity contribution in [3.8, 4) is 0 Å². The summed E-state index contributed by atoms with van der Waals surface area (Å²) < 4.78 is 0. The first-order valence-electron chi connectivity index (χ1n) is 6.28. The van der Waals surface area contributed by atoms with Crippen molar-refractivity contribution in [3.05, 3.63) is 27.9 Å². The topological polar surface area (TPSA) is 126 Å². The Labute approximate surface area is 115 Å². The predicted octanol–water partition coefficient (Wildman–Crippen LogP) is 1.65. The van der Waals surface area contributed by atoms with Crippen LogP contribution >= 0.6 is 0 Å². The van der Waals surface area contributed by atoms with Crippen molar-refractivity contribution in [2.75, 3.05) is 18.5 Å². The van der Waals surface area contributed by atoms with Crippen LogP contribution in [0.15, 0.2) is 12.3 Å². The summed E-state index contributed by atoms with van der Waals surface area (Å²) in [4.78, 5) is 24.7. The minimum atomic E-state index is -1.36. The van der Waals surface area contributed by atoms with E-state index in [0.717, 1.165) is 37.9 Å². The van der Waals surface area contributed by atoms with Gasteiger partial charge in [-0.3, -0.25) is 10.1 Å². The molecular formula is C12H17N3O5. The monoisotopic (exact) mass is 283 g/mol. The molecule has 1 aromatic rings. The van der Waals surface area contributed by atoms with Crippen molar-refractivity contribution >= 4 is 17.5 Å². The SMILES string of the molecule is O=C(O)c1cc(NCCCCCCO)ncc1[N+](=O)[O-]. The largest absolute Gasteiger partial charge is 0.477 e. The maximum Gasteiger partial charge on any atom is 0.342 e. The third kappa shape index (κ3) is 4.81. The van der Waals surface area contributed by atoms with E-state index < -0.39 is 16.6 Å². The number of hydrogen-bond acceptors (Lipinski definition) is 6. The molecule has 1 heterocycles. The fourth-order valence-electron chi connectivity index (χ4n) is 1.67. The van der Waals surface area contributed by atoms with Crippen LogP contribution in [0.25, 0.3) is 0 Å². The standard InChI is InChI=1S/C12H17N3O5/c16-6-4-2-1-3-5-13-11-7-9(12(17)18)10(8-14-11)15(19)20/h7-8,16H,1-6H2,(H,13,14)(H,17,18). The molecular weight excluding hydrogens is 266 g/mol. The number of aromatic nitrogens is 1. The van der Waals surface area contributed by atoms with Crippen LogP contribution in [0.1, 0.15) is 36.0 Å². The molecule has 0 aliphatic carbocycles. The van der Waals surface area contributed by atoms with E-state index in [2.05, 4.69) is 10.3 Å². The first kappa shape index (κ1) is 15.8. The van der Waals surface area contributed by atoms with Gasteiger partial charge in [0.1, 0.15) is 17.6 Å². The second kappa shape index (κ2) is 8.05. The van der Waals surface area contributed by atoms with Crippen LogP contribution in [0.4, 0.5) is 11.5 Å². The molecule has 0 unspecified atom stereocenters. The molecule has 8 heteroatoms. The highest BCUT2D eigenvalue weighted by atomic mass is 16.6. The maximum absolute atomic E-state index is 10.9. The molecule has 20 heavy (non-hydrogen) atoms. The van der Waals surface area contributed by atoms with E-state index >= 15 is 0 Å². The number of unbranched alkanes of at least 4 members (excludes halogenated alkanes) is 3. The zero-order chi connectivity index (χ0) is 15.0. The molecule has 3 N–H and O–H groups in total. The normalized spacial score (nSPS) is 10.2. The van der Waals surface area contributed by atoms with Gasteiger partial charge in [0.25, 0.3) is 0 Å². The summed E-state index contributed by atoms with van der Waals surface area (Å²) in [6.45, 7) is 0.772. The Morgan fingerprint density at radius 3 is 2.65 bits per heavy atom. The molecule has 0 bridgehead atoms. The number of nitrogens with zero attached hydrogens (tertiary/aromatic N) is 2. The Kier molecular flexibility index (Phi) is 6.38. The molecule has 0 radical (unpaired) electrons. The number of carbonyl (C=O) groups is 1. The molecule has 0 amide bonds. The van der Waals surface area contributed by atoms with Gasteiger partial charge in [-0.1, -0.05) is 12.8 Å². The van der Waals surface area contributed by atoms with Crippen molar-refractivity contribution < 1.29 is 19.9 Å². The second-order valence-corrected chi connectivity index (χ2v) is 4.21. The van der Waals surface area contributed by atoms with Gasteiger partial charge in [0, 0.05) is 19.2 Å². The third-order valence-corrected chi connectivity index (χ3v) is 2.70. The Morgan fingerprint density at radius 1 is 1.35 bits per heavy atom. The van der Waals surface area contributed by atoms with E-state index in [-0.39, 0.29) is 12.2 Å². The van der Waals surface area contributed by atoms with E-state index in [0.29, 0.717) is 12.4 Å². The lowest BCUT2D eigenvalue weighted by molar-refractivity contribution is -0.385. The molecule has 110 valence electrons. The van der Waals surface area contributed by atoms with E-state index in [4.69, 9.17) is 10.2 Å². The van der Waals surface area contributed by atoms with Crippen molar-refractivity contribution in [2.24, 2.45) is 0 Å². The average Bonchev–Trinajstić information content (AvgIpc) is 2.42. The van der Waals surface area contributed by atoms with E-state index in [1.807, 2.05) is 0 Å². The third-order valence-electron chi connectivity index (χ3n) is 2.70. The van der Waals surface area contributed by atoms with Crippen LogP contribution in [0.3, 0.4) is 0 Å². The number of aliphatic hydroxyl groups is 1. The van der Waals surface area contributed by atoms with Crippen LogP contribution in [0, 0.1) is 10.1 Å². The number of hydrogen-bond donors (Lipinski definition) is 3. The highest BCUT2D eigenvalue weighted by molar-refractivity contribution is 5.93. The Bertz CT molecular complexity index is 478. The van der Waals surface area contributed by atoms with Crippen LogP contribution in [-0.4, -0.2) is 39.2 Å². The highest BCUT2D eigenvalue weighted by Crippen LogP contribution is 2.20. The van der Waals surface area contributed by atoms with Gasteiger partial charge in [0.05, 0.1) is 4.92 Å². The molecule has 0 aliphatic rings. The summed E-state index contributed by atoms with van der Waals surface area (Å²) in [6, 6.07) is 1.16. The summed E-state index contributed by atoms with van der Waals surface area (Å²) >= 11 is 0. The number of nitrogens with one attached hydrogen (secondary N) is 1. The lowest BCUT2D eigenvalue weighted by Crippen LogP contribution is -2.08. The van der Waals surface area contributed by atoms with Gasteiger partial charge in [-0.25, -0.2) is 9.78 Å². The van der Waals surface area contributed by atoms with Gasteiger partial charge in [-0.2, -0.15) is 0 Å². The predicted molar refractivity (Wildman–Crippen MR) is 71.9 cm³/mol. The summed E-state index contributed by atoms with van der Waals surface area (Å²) in [5, 5.41) is 31.1. The first-order chi connectivity index (χ1) is 9.56. The number of anilines is 1. The molecule has 0 spiro atoms. The number of pyridine rings is 1. The van der Waals surface area contributed by atoms with E-state index in [1.54, 1.807) is 0 Å². The number of aromatic carboxylic acids is 1. The van der Waals surface area contributed by atoms with Crippen molar-refractivity contribution in [2.45, 2.75) is 25.7 Å². The summed E-state index contributed by atoms with van der Waals surface area (Å²) in [5.41, 5.74) is -0.904. The van der Waals surface area contributed by atoms with Crippen LogP contribution < -0.4 is 5.32 Å². The highest BCUT2D eigenvalue weighted by Gasteiger charge is 2.20. The summed E-state index contributed by atoms with van der Waals surface area (Å²) in [6.07, 6.45) is 4.41. The fourth-order valence-corrected chi connectivity index (χ4v) is 1.67. The van der Waals surface area contributed by atoms with Gasteiger partial charge < -0.3 is 15.5 Å². The lowest BCUT2D eigenvalue weighted by Gasteiger charge is -2.06. The number of carboxylic acids is 1. The quantitative estimate of drug-likeness (QED) is 0.357. The number of rotatable bonds is 9. The molecule has 0 aromatic carbocycles. The van der Waals surface area contributed by atoms with Crippen molar-refractivity contribution in [1.82, 2.24) is 4.98 Å². The molecule has 0 fully saturated rings. The molecule has 1 rings (SSSR count). The van der Waals surface area contributed by atoms with E-state index in [9.17, 15) is 14.9 Å². The van der Waals surface area contributed by atoms with Gasteiger partial charge in [0.2, 0.25) is 0 Å². The van der Waals surface area contributed by atoms with Crippen molar-refractivity contribution in [1.29, 1.82) is 0 Å². The average molecular weight is 283 g/mol. The van der Waals surface area contributed by atoms with Gasteiger partial charge in [-0.05, 0) is 12.8 Å². The maximum atomic E-state index is 10.9. The number of carboxylic acid groups (broad SMARTS) is 1. The zero-order valence-corrected chi connectivity index (χ0v) is 10.9. The molecule has 0 saturated carbocycles. The minimum Gasteiger partial charge on any atom is -0.477 e. The molecule has 8 nitrogen and oxygen atoms in total. The molecule has 0 aliphatic heterocycles. The second-order valence-electron chi connectivity index (χ2n) is 4.21. The minimum absolute atomic E-state index is 0.180. The van der Waals surface area contributed by atoms with Crippen LogP contribution in [-0.2, 0) is 0 Å². The zero-order valence-electron chi connectivity index (χ0n) is 10.9. The summed E-state index contributed by atoms with van der Waals surface area (Å²) in [5.74, 6) is -1.06. The smallest absolute Gasteiger partial charge is 0.342 e. The van der Waals surface area contributed by atoms with Gasteiger partial charge >= 0.3 is 11.7 Å². The number of aliphatic hydroxyl groups excluding tert-OH is 1. The Balaban J connectivity index is 2.57. The molecule has 0 atom stereocenters. The summed E-state index contributed by atoms with van der Waals surface area (Å²) in [7, 11) is 0. The Morgan fingerprint density at radius 2 is 2.05 bits per heavy atom. The Hall–Kier alpha value is -2.22. The van der Waals surface area contributed by atoms with Crippen LogP contribution in [0.5, 0.6) is 0 Å². The first-order valence-corrected chi connectivity index (χ1v) is 6.28. The van der Waals surface area contributed by atoms with Crippen LogP contribution in [0.2, 0.25) is 0 Å². The molecule has 1 aromatic heterocycles. The van der Waals surface area contributed by atoms with E-state index in [1.165, 1.54) is 0 Å². The fraction of sp³-hybridized carbons (Fsp3) is 0.500. The lowest BCUT2D eigenvalue weighted by atomic mass is 10.2. The van der Waals surface area contributed by atoms with Gasteiger partial charge in [0.15, 0.2) is 0 Å². The molecule has 0 saturated heterocycles. The number of nitro groups is 1.